The second-order valence-electron chi connectivity index (χ2n) is 4.40. The number of carbonyl (C=O) groups excluding carboxylic acids is 1. The van der Waals surface area contributed by atoms with E-state index >= 15 is 0 Å². The van der Waals surface area contributed by atoms with Crippen LogP contribution in [0.5, 0.6) is 0 Å². The Morgan fingerprint density at radius 3 is 2.67 bits per heavy atom. The Balaban J connectivity index is 1.75. The summed E-state index contributed by atoms with van der Waals surface area (Å²) in [6.45, 7) is 0. The summed E-state index contributed by atoms with van der Waals surface area (Å²) in [7, 11) is 0. The number of fused-ring (bicyclic) bond motifs is 2. The Morgan fingerprint density at radius 2 is 2.07 bits per heavy atom. The predicted octanol–water partition coefficient (Wildman–Crippen LogP) is 1.81. The van der Waals surface area contributed by atoms with Gasteiger partial charge in [0.05, 0.1) is 24.0 Å². The zero-order valence-electron chi connectivity index (χ0n) is 8.39. The number of carbonyl (C=O) groups is 1. The van der Waals surface area contributed by atoms with Crippen LogP contribution in [0.15, 0.2) is 17.0 Å². The Kier molecular flexibility index (Phi) is 2.09. The molecule has 1 aromatic heterocycles. The van der Waals surface area contributed by atoms with Gasteiger partial charge in [0.15, 0.2) is 5.78 Å². The molecule has 2 aliphatic rings. The van der Waals surface area contributed by atoms with Crippen LogP contribution in [-0.2, 0) is 4.74 Å². The number of hydrogen-bond donors (Lipinski definition) is 0. The highest BCUT2D eigenvalue weighted by Crippen LogP contribution is 2.37. The summed E-state index contributed by atoms with van der Waals surface area (Å²) >= 11 is 0. The lowest BCUT2D eigenvalue weighted by Crippen LogP contribution is -2.29. The molecule has 0 amide bonds. The van der Waals surface area contributed by atoms with Gasteiger partial charge in [0.25, 0.3) is 0 Å². The molecule has 4 nitrogen and oxygen atoms in total. The van der Waals surface area contributed by atoms with E-state index < -0.39 is 0 Å². The fraction of sp³-hybridized carbons (Fsp3) is 0.636. The number of aromatic nitrogens is 1. The van der Waals surface area contributed by atoms with Crippen molar-refractivity contribution in [3.63, 3.8) is 0 Å². The van der Waals surface area contributed by atoms with Crippen molar-refractivity contribution in [1.82, 2.24) is 5.16 Å². The topological polar surface area (TPSA) is 52.3 Å². The molecule has 3 heterocycles. The van der Waals surface area contributed by atoms with Crippen molar-refractivity contribution in [3.8, 4) is 0 Å². The average Bonchev–Trinajstić information content (AvgIpc) is 2.87. The van der Waals surface area contributed by atoms with Crippen molar-refractivity contribution in [2.45, 2.75) is 37.9 Å². The summed E-state index contributed by atoms with van der Waals surface area (Å²) in [6.07, 6.45) is 7.48. The molecule has 0 N–H and O–H groups in total. The van der Waals surface area contributed by atoms with Crippen LogP contribution < -0.4 is 0 Å². The van der Waals surface area contributed by atoms with Gasteiger partial charge in [0.2, 0.25) is 0 Å². The van der Waals surface area contributed by atoms with Gasteiger partial charge < -0.3 is 9.26 Å². The molecule has 1 aromatic rings. The summed E-state index contributed by atoms with van der Waals surface area (Å²) in [5.41, 5.74) is 0.598. The lowest BCUT2D eigenvalue weighted by molar-refractivity contribution is -0.0149. The van der Waals surface area contributed by atoms with Gasteiger partial charge in [-0.1, -0.05) is 5.16 Å². The Bertz CT molecular complexity index is 348. The lowest BCUT2D eigenvalue weighted by atomic mass is 9.89. The fourth-order valence-electron chi connectivity index (χ4n) is 2.63. The number of ketones is 1. The van der Waals surface area contributed by atoms with Gasteiger partial charge in [-0.25, -0.2) is 0 Å². The van der Waals surface area contributed by atoms with Crippen LogP contribution in [0.4, 0.5) is 0 Å². The molecule has 2 saturated heterocycles. The van der Waals surface area contributed by atoms with Crippen molar-refractivity contribution < 1.29 is 14.1 Å². The van der Waals surface area contributed by atoms with Gasteiger partial charge in [-0.05, 0) is 25.7 Å². The highest BCUT2D eigenvalue weighted by molar-refractivity contribution is 5.97. The van der Waals surface area contributed by atoms with E-state index in [0.717, 1.165) is 25.7 Å². The molecular formula is C11H13NO3. The highest BCUT2D eigenvalue weighted by atomic mass is 16.5. The molecule has 2 fully saturated rings. The van der Waals surface area contributed by atoms with Gasteiger partial charge in [-0.2, -0.15) is 0 Å². The molecule has 3 rings (SSSR count). The first-order chi connectivity index (χ1) is 7.33. The second-order valence-corrected chi connectivity index (χ2v) is 4.40. The first-order valence-electron chi connectivity index (χ1n) is 5.42. The van der Waals surface area contributed by atoms with Crippen LogP contribution in [0, 0.1) is 5.92 Å². The molecular weight excluding hydrogens is 194 g/mol. The normalized spacial score (nSPS) is 34.3. The van der Waals surface area contributed by atoms with Gasteiger partial charge >= 0.3 is 0 Å². The molecule has 2 aliphatic heterocycles. The maximum Gasteiger partial charge on any atom is 0.171 e. The van der Waals surface area contributed by atoms with Crippen molar-refractivity contribution in [2.75, 3.05) is 0 Å². The molecule has 0 saturated carbocycles. The number of rotatable bonds is 2. The minimum atomic E-state index is 0.107. The van der Waals surface area contributed by atoms with E-state index in [2.05, 4.69) is 5.16 Å². The van der Waals surface area contributed by atoms with E-state index in [-0.39, 0.29) is 11.7 Å². The van der Waals surface area contributed by atoms with Crippen molar-refractivity contribution in [1.29, 1.82) is 0 Å². The SMILES string of the molecule is O=C(c1cnoc1)C1CC2CCC(C1)O2. The second kappa shape index (κ2) is 3.45. The molecule has 4 heteroatoms. The van der Waals surface area contributed by atoms with Crippen LogP contribution in [0.1, 0.15) is 36.0 Å². The molecule has 0 aromatic carbocycles. The molecule has 2 bridgehead atoms. The minimum absolute atomic E-state index is 0.107. The van der Waals surface area contributed by atoms with Crippen LogP contribution in [-0.4, -0.2) is 23.1 Å². The van der Waals surface area contributed by atoms with E-state index in [0.29, 0.717) is 17.8 Å². The first-order valence-corrected chi connectivity index (χ1v) is 5.42. The number of Topliss-reactive ketones (excluding diaryl/α,β-unsaturated/α-hetero) is 1. The smallest absolute Gasteiger partial charge is 0.171 e. The molecule has 2 atom stereocenters. The molecule has 2 unspecified atom stereocenters. The predicted molar refractivity (Wildman–Crippen MR) is 51.5 cm³/mol. The first kappa shape index (κ1) is 9.09. The molecule has 15 heavy (non-hydrogen) atoms. The van der Waals surface area contributed by atoms with Crippen LogP contribution in [0.2, 0.25) is 0 Å². The van der Waals surface area contributed by atoms with E-state index in [4.69, 9.17) is 9.26 Å². The summed E-state index contributed by atoms with van der Waals surface area (Å²) in [5, 5.41) is 3.56. The average molecular weight is 207 g/mol. The van der Waals surface area contributed by atoms with Crippen LogP contribution in [0.3, 0.4) is 0 Å². The standard InChI is InChI=1S/C11H13NO3/c13-11(8-5-12-14-6-8)7-3-9-1-2-10(4-7)15-9/h5-7,9-10H,1-4H2. The van der Waals surface area contributed by atoms with Gasteiger partial charge in [0.1, 0.15) is 6.26 Å². The Hall–Kier alpha value is -1.16. The Morgan fingerprint density at radius 1 is 1.33 bits per heavy atom. The third-order valence-corrected chi connectivity index (χ3v) is 3.38. The van der Waals surface area contributed by atoms with Gasteiger partial charge in [0, 0.05) is 5.92 Å². The number of hydrogen-bond acceptors (Lipinski definition) is 4. The van der Waals surface area contributed by atoms with E-state index in [1.807, 2.05) is 0 Å². The van der Waals surface area contributed by atoms with Gasteiger partial charge in [-0.3, -0.25) is 4.79 Å². The molecule has 0 aliphatic carbocycles. The minimum Gasteiger partial charge on any atom is -0.375 e. The summed E-state index contributed by atoms with van der Waals surface area (Å²) in [6, 6.07) is 0. The maximum absolute atomic E-state index is 12.0. The summed E-state index contributed by atoms with van der Waals surface area (Å²) in [5.74, 6) is 0.270. The molecule has 80 valence electrons. The molecule has 0 spiro atoms. The highest BCUT2D eigenvalue weighted by Gasteiger charge is 2.38. The van der Waals surface area contributed by atoms with E-state index in [1.54, 1.807) is 0 Å². The van der Waals surface area contributed by atoms with Gasteiger partial charge in [-0.15, -0.1) is 0 Å². The largest absolute Gasteiger partial charge is 0.375 e. The number of ether oxygens (including phenoxy) is 1. The Labute approximate surface area is 87.6 Å². The molecule has 0 radical (unpaired) electrons. The maximum atomic E-state index is 12.0. The van der Waals surface area contributed by atoms with Crippen molar-refractivity contribution in [2.24, 2.45) is 5.92 Å². The summed E-state index contributed by atoms with van der Waals surface area (Å²) < 4.78 is 10.4. The third kappa shape index (κ3) is 1.59. The third-order valence-electron chi connectivity index (χ3n) is 3.38. The zero-order valence-corrected chi connectivity index (χ0v) is 8.39. The van der Waals surface area contributed by atoms with Crippen molar-refractivity contribution >= 4 is 5.78 Å². The van der Waals surface area contributed by atoms with Crippen molar-refractivity contribution in [3.05, 3.63) is 18.0 Å². The van der Waals surface area contributed by atoms with E-state index in [9.17, 15) is 4.79 Å². The quantitative estimate of drug-likeness (QED) is 0.694. The van der Waals surface area contributed by atoms with Crippen LogP contribution >= 0.6 is 0 Å². The number of nitrogens with zero attached hydrogens (tertiary/aromatic N) is 1. The fourth-order valence-corrected chi connectivity index (χ4v) is 2.63. The zero-order chi connectivity index (χ0) is 10.3. The monoisotopic (exact) mass is 207 g/mol. The van der Waals surface area contributed by atoms with E-state index in [1.165, 1.54) is 12.5 Å². The lowest BCUT2D eigenvalue weighted by Gasteiger charge is -2.26. The van der Waals surface area contributed by atoms with Crippen LogP contribution in [0.25, 0.3) is 0 Å². The summed E-state index contributed by atoms with van der Waals surface area (Å²) in [4.78, 5) is 12.0.